The Bertz CT molecular complexity index is 351. The molecule has 2 atom stereocenters. The molecule has 94 valence electrons. The Hall–Kier alpha value is -1.59. The van der Waals surface area contributed by atoms with Gasteiger partial charge < -0.3 is 15.7 Å². The van der Waals surface area contributed by atoms with E-state index in [-0.39, 0.29) is 30.2 Å². The van der Waals surface area contributed by atoms with Crippen molar-refractivity contribution in [3.63, 3.8) is 0 Å². The third-order valence-corrected chi connectivity index (χ3v) is 3.23. The quantitative estimate of drug-likeness (QED) is 0.611. The Morgan fingerprint density at radius 1 is 1.41 bits per heavy atom. The Labute approximate surface area is 98.8 Å². The van der Waals surface area contributed by atoms with Crippen LogP contribution in [0, 0.1) is 5.92 Å². The lowest BCUT2D eigenvalue weighted by Crippen LogP contribution is -2.47. The third kappa shape index (κ3) is 3.18. The van der Waals surface area contributed by atoms with Crippen LogP contribution in [0.1, 0.15) is 32.1 Å². The largest absolute Gasteiger partial charge is 0.481 e. The fourth-order valence-electron chi connectivity index (χ4n) is 2.12. The minimum absolute atomic E-state index is 0.0446. The van der Waals surface area contributed by atoms with Crippen LogP contribution in [0.3, 0.4) is 0 Å². The monoisotopic (exact) mass is 240 g/mol. The van der Waals surface area contributed by atoms with Gasteiger partial charge in [0, 0.05) is 12.5 Å². The third-order valence-electron chi connectivity index (χ3n) is 3.23. The number of hydrogen-bond acceptors (Lipinski definition) is 3. The molecule has 0 aromatic rings. The standard InChI is InChI=1S/C11H16N2O4/c14-9-4-3-7(12-9)11(17)13-8(5-10(15)16)6-1-2-6/h6-8H,1-5H2,(H,12,14)(H,13,17)(H,15,16). The molecule has 1 aliphatic heterocycles. The van der Waals surface area contributed by atoms with Gasteiger partial charge in [-0.2, -0.15) is 0 Å². The lowest BCUT2D eigenvalue weighted by atomic mass is 10.1. The molecule has 1 saturated carbocycles. The van der Waals surface area contributed by atoms with E-state index in [0.29, 0.717) is 12.8 Å². The van der Waals surface area contributed by atoms with Crippen LogP contribution < -0.4 is 10.6 Å². The molecule has 2 fully saturated rings. The van der Waals surface area contributed by atoms with Gasteiger partial charge in [-0.05, 0) is 25.2 Å². The highest BCUT2D eigenvalue weighted by molar-refractivity contribution is 5.91. The maximum Gasteiger partial charge on any atom is 0.305 e. The molecule has 0 aromatic heterocycles. The second-order valence-corrected chi connectivity index (χ2v) is 4.71. The molecule has 6 heteroatoms. The predicted octanol–water partition coefficient (Wildman–Crippen LogP) is -0.366. The number of nitrogens with one attached hydrogen (secondary N) is 2. The average Bonchev–Trinajstić information content (AvgIpc) is 2.99. The number of carboxylic acids is 1. The lowest BCUT2D eigenvalue weighted by Gasteiger charge is -2.18. The second kappa shape index (κ2) is 4.73. The molecule has 0 bridgehead atoms. The summed E-state index contributed by atoms with van der Waals surface area (Å²) >= 11 is 0. The van der Waals surface area contributed by atoms with Crippen molar-refractivity contribution in [2.45, 2.75) is 44.2 Å². The van der Waals surface area contributed by atoms with E-state index in [0.717, 1.165) is 12.8 Å². The topological polar surface area (TPSA) is 95.5 Å². The molecule has 0 spiro atoms. The first-order valence-electron chi connectivity index (χ1n) is 5.88. The van der Waals surface area contributed by atoms with Crippen molar-refractivity contribution in [3.05, 3.63) is 0 Å². The molecule has 1 heterocycles. The van der Waals surface area contributed by atoms with Gasteiger partial charge in [0.2, 0.25) is 11.8 Å². The van der Waals surface area contributed by atoms with E-state index in [1.807, 2.05) is 0 Å². The molecular formula is C11H16N2O4. The minimum Gasteiger partial charge on any atom is -0.481 e. The number of amides is 2. The van der Waals surface area contributed by atoms with Gasteiger partial charge in [0.15, 0.2) is 0 Å². The molecule has 2 rings (SSSR count). The van der Waals surface area contributed by atoms with Gasteiger partial charge in [0.1, 0.15) is 6.04 Å². The van der Waals surface area contributed by atoms with Crippen LogP contribution in [0.2, 0.25) is 0 Å². The number of rotatable bonds is 5. The van der Waals surface area contributed by atoms with Crippen LogP contribution in [0.25, 0.3) is 0 Å². The van der Waals surface area contributed by atoms with Gasteiger partial charge in [-0.15, -0.1) is 0 Å². The van der Waals surface area contributed by atoms with E-state index < -0.39 is 12.0 Å². The maximum atomic E-state index is 11.8. The molecule has 2 aliphatic rings. The van der Waals surface area contributed by atoms with Gasteiger partial charge in [0.25, 0.3) is 0 Å². The molecule has 0 radical (unpaired) electrons. The molecule has 0 aromatic carbocycles. The van der Waals surface area contributed by atoms with Crippen LogP contribution in [-0.2, 0) is 14.4 Å². The van der Waals surface area contributed by atoms with Crippen molar-refractivity contribution in [1.29, 1.82) is 0 Å². The first kappa shape index (κ1) is 11.9. The number of hydrogen-bond donors (Lipinski definition) is 3. The van der Waals surface area contributed by atoms with Gasteiger partial charge in [0.05, 0.1) is 6.42 Å². The average molecular weight is 240 g/mol. The minimum atomic E-state index is -0.905. The zero-order valence-corrected chi connectivity index (χ0v) is 9.44. The van der Waals surface area contributed by atoms with Crippen molar-refractivity contribution < 1.29 is 19.5 Å². The molecule has 17 heavy (non-hydrogen) atoms. The van der Waals surface area contributed by atoms with E-state index in [4.69, 9.17) is 5.11 Å². The van der Waals surface area contributed by atoms with Crippen LogP contribution in [0.15, 0.2) is 0 Å². The summed E-state index contributed by atoms with van der Waals surface area (Å²) in [7, 11) is 0. The summed E-state index contributed by atoms with van der Waals surface area (Å²) in [5.41, 5.74) is 0. The summed E-state index contributed by atoms with van der Waals surface area (Å²) in [5, 5.41) is 14.1. The number of carbonyl (C=O) groups excluding carboxylic acids is 2. The van der Waals surface area contributed by atoms with Gasteiger partial charge >= 0.3 is 5.97 Å². The SMILES string of the molecule is O=C(O)CC(NC(=O)C1CCC(=O)N1)C1CC1. The van der Waals surface area contributed by atoms with E-state index in [1.165, 1.54) is 0 Å². The fourth-order valence-corrected chi connectivity index (χ4v) is 2.12. The first-order valence-corrected chi connectivity index (χ1v) is 5.88. The molecule has 1 saturated heterocycles. The summed E-state index contributed by atoms with van der Waals surface area (Å²) in [5.74, 6) is -0.995. The van der Waals surface area contributed by atoms with Gasteiger partial charge in [-0.3, -0.25) is 14.4 Å². The van der Waals surface area contributed by atoms with E-state index in [2.05, 4.69) is 10.6 Å². The first-order chi connectivity index (χ1) is 8.06. The lowest BCUT2D eigenvalue weighted by molar-refractivity contribution is -0.138. The number of aliphatic carboxylic acids is 1. The van der Waals surface area contributed by atoms with Crippen LogP contribution in [0.5, 0.6) is 0 Å². The molecule has 6 nitrogen and oxygen atoms in total. The number of carboxylic acid groups (broad SMARTS) is 1. The van der Waals surface area contributed by atoms with E-state index in [9.17, 15) is 14.4 Å². The Kier molecular flexibility index (Phi) is 3.31. The van der Waals surface area contributed by atoms with Gasteiger partial charge in [-0.1, -0.05) is 0 Å². The highest BCUT2D eigenvalue weighted by Gasteiger charge is 2.36. The molecule has 3 N–H and O–H groups in total. The van der Waals surface area contributed by atoms with Crippen molar-refractivity contribution in [3.8, 4) is 0 Å². The Morgan fingerprint density at radius 2 is 2.12 bits per heavy atom. The molecule has 1 aliphatic carbocycles. The fraction of sp³-hybridized carbons (Fsp3) is 0.727. The summed E-state index contributed by atoms with van der Waals surface area (Å²) in [4.78, 5) is 33.5. The summed E-state index contributed by atoms with van der Waals surface area (Å²) < 4.78 is 0. The molecular weight excluding hydrogens is 224 g/mol. The normalized spacial score (nSPS) is 25.2. The van der Waals surface area contributed by atoms with E-state index in [1.54, 1.807) is 0 Å². The molecule has 2 amide bonds. The highest BCUT2D eigenvalue weighted by Crippen LogP contribution is 2.34. The summed E-state index contributed by atoms with van der Waals surface area (Å²) in [6.07, 6.45) is 2.75. The van der Waals surface area contributed by atoms with Crippen molar-refractivity contribution in [2.75, 3.05) is 0 Å². The highest BCUT2D eigenvalue weighted by atomic mass is 16.4. The Morgan fingerprint density at radius 3 is 2.59 bits per heavy atom. The van der Waals surface area contributed by atoms with E-state index >= 15 is 0 Å². The van der Waals surface area contributed by atoms with Crippen LogP contribution >= 0.6 is 0 Å². The maximum absolute atomic E-state index is 11.8. The van der Waals surface area contributed by atoms with Crippen molar-refractivity contribution in [2.24, 2.45) is 5.92 Å². The van der Waals surface area contributed by atoms with Crippen molar-refractivity contribution >= 4 is 17.8 Å². The van der Waals surface area contributed by atoms with Crippen LogP contribution in [0.4, 0.5) is 0 Å². The summed E-state index contributed by atoms with van der Waals surface area (Å²) in [6.45, 7) is 0. The smallest absolute Gasteiger partial charge is 0.305 e. The van der Waals surface area contributed by atoms with Crippen molar-refractivity contribution in [1.82, 2.24) is 10.6 Å². The zero-order chi connectivity index (χ0) is 12.4. The summed E-state index contributed by atoms with van der Waals surface area (Å²) in [6, 6.07) is -0.782. The predicted molar refractivity (Wildman–Crippen MR) is 58.1 cm³/mol. The van der Waals surface area contributed by atoms with Crippen LogP contribution in [-0.4, -0.2) is 35.0 Å². The number of carbonyl (C=O) groups is 3. The second-order valence-electron chi connectivity index (χ2n) is 4.71. The molecule has 2 unspecified atom stereocenters. The zero-order valence-electron chi connectivity index (χ0n) is 9.44. The Balaban J connectivity index is 1.86. The van der Waals surface area contributed by atoms with Gasteiger partial charge in [-0.25, -0.2) is 0 Å².